The summed E-state index contributed by atoms with van der Waals surface area (Å²) < 4.78 is 17.6. The summed E-state index contributed by atoms with van der Waals surface area (Å²) in [6.07, 6.45) is 2.97. The molecule has 0 spiro atoms. The van der Waals surface area contributed by atoms with Crippen molar-refractivity contribution in [3.8, 4) is 0 Å². The Morgan fingerprint density at radius 2 is 1.90 bits per heavy atom. The van der Waals surface area contributed by atoms with E-state index in [1.165, 1.54) is 0 Å². The molecule has 0 aliphatic heterocycles. The molecular weight excluding hydrogens is 131 g/mol. The number of hydrogen-bond donors (Lipinski definition) is 0. The van der Waals surface area contributed by atoms with E-state index in [1.807, 2.05) is 0 Å². The molecule has 0 radical (unpaired) electrons. The van der Waals surface area contributed by atoms with Gasteiger partial charge in [0.1, 0.15) is 6.17 Å². The van der Waals surface area contributed by atoms with E-state index in [4.69, 9.17) is 4.74 Å². The van der Waals surface area contributed by atoms with Crippen molar-refractivity contribution >= 4 is 0 Å². The summed E-state index contributed by atoms with van der Waals surface area (Å²) >= 11 is 0. The predicted molar refractivity (Wildman–Crippen MR) is 38.7 cm³/mol. The van der Waals surface area contributed by atoms with E-state index in [1.54, 1.807) is 7.11 Å². The Morgan fingerprint density at radius 1 is 1.30 bits per heavy atom. The van der Waals surface area contributed by atoms with Gasteiger partial charge in [-0.2, -0.15) is 0 Å². The first-order chi connectivity index (χ1) is 4.83. The standard InChI is InChI=1S/C8H15FO/c1-10-6-7-2-4-8(9)5-3-7/h7-8H,2-6H2,1H3. The van der Waals surface area contributed by atoms with Crippen molar-refractivity contribution in [3.63, 3.8) is 0 Å². The van der Waals surface area contributed by atoms with Gasteiger partial charge in [0.15, 0.2) is 0 Å². The van der Waals surface area contributed by atoms with E-state index in [0.717, 1.165) is 32.3 Å². The predicted octanol–water partition coefficient (Wildman–Crippen LogP) is 2.16. The molecule has 1 nitrogen and oxygen atoms in total. The molecule has 2 heteroatoms. The van der Waals surface area contributed by atoms with Crippen molar-refractivity contribution in [3.05, 3.63) is 0 Å². The lowest BCUT2D eigenvalue weighted by Gasteiger charge is -2.22. The van der Waals surface area contributed by atoms with Gasteiger partial charge in [-0.3, -0.25) is 0 Å². The molecular formula is C8H15FO. The highest BCUT2D eigenvalue weighted by Crippen LogP contribution is 2.25. The number of methoxy groups -OCH3 is 1. The zero-order valence-electron chi connectivity index (χ0n) is 6.48. The second-order valence-corrected chi connectivity index (χ2v) is 3.07. The van der Waals surface area contributed by atoms with Gasteiger partial charge in [-0.15, -0.1) is 0 Å². The first-order valence-corrected chi connectivity index (χ1v) is 3.96. The van der Waals surface area contributed by atoms with Gasteiger partial charge < -0.3 is 4.74 Å². The molecule has 60 valence electrons. The lowest BCUT2D eigenvalue weighted by atomic mass is 9.89. The Morgan fingerprint density at radius 3 is 2.40 bits per heavy atom. The third kappa shape index (κ3) is 2.25. The fourth-order valence-corrected chi connectivity index (χ4v) is 1.52. The molecule has 0 N–H and O–H groups in total. The van der Waals surface area contributed by atoms with E-state index < -0.39 is 6.17 Å². The maximum absolute atomic E-state index is 12.6. The monoisotopic (exact) mass is 146 g/mol. The minimum atomic E-state index is -0.534. The molecule has 0 bridgehead atoms. The number of ether oxygens (including phenoxy) is 1. The van der Waals surface area contributed by atoms with Crippen LogP contribution in [0.3, 0.4) is 0 Å². The molecule has 0 saturated heterocycles. The Bertz CT molecular complexity index is 87.3. The third-order valence-electron chi connectivity index (χ3n) is 2.18. The highest BCUT2D eigenvalue weighted by atomic mass is 19.1. The summed E-state index contributed by atoms with van der Waals surface area (Å²) in [5.41, 5.74) is 0. The van der Waals surface area contributed by atoms with Crippen LogP contribution in [0.15, 0.2) is 0 Å². The topological polar surface area (TPSA) is 9.23 Å². The van der Waals surface area contributed by atoms with Crippen LogP contribution in [0.2, 0.25) is 0 Å². The van der Waals surface area contributed by atoms with Crippen LogP contribution < -0.4 is 0 Å². The maximum Gasteiger partial charge on any atom is 0.100 e. The van der Waals surface area contributed by atoms with Crippen molar-refractivity contribution in [2.24, 2.45) is 5.92 Å². The zero-order chi connectivity index (χ0) is 7.40. The van der Waals surface area contributed by atoms with Crippen LogP contribution in [0.25, 0.3) is 0 Å². The summed E-state index contributed by atoms with van der Waals surface area (Å²) in [4.78, 5) is 0. The van der Waals surface area contributed by atoms with E-state index in [-0.39, 0.29) is 0 Å². The normalized spacial score (nSPS) is 34.2. The number of alkyl halides is 1. The molecule has 0 aromatic carbocycles. The van der Waals surface area contributed by atoms with Crippen LogP contribution >= 0.6 is 0 Å². The minimum Gasteiger partial charge on any atom is -0.384 e. The van der Waals surface area contributed by atoms with Crippen molar-refractivity contribution < 1.29 is 9.13 Å². The Kier molecular flexibility index (Phi) is 3.13. The van der Waals surface area contributed by atoms with Gasteiger partial charge in [0.2, 0.25) is 0 Å². The van der Waals surface area contributed by atoms with Gasteiger partial charge in [-0.05, 0) is 31.6 Å². The van der Waals surface area contributed by atoms with Crippen LogP contribution in [0.4, 0.5) is 4.39 Å². The van der Waals surface area contributed by atoms with Gasteiger partial charge in [0, 0.05) is 13.7 Å². The molecule has 1 aliphatic carbocycles. The van der Waals surface area contributed by atoms with Crippen molar-refractivity contribution in [1.29, 1.82) is 0 Å². The minimum absolute atomic E-state index is 0.534. The second kappa shape index (κ2) is 3.91. The smallest absolute Gasteiger partial charge is 0.100 e. The number of rotatable bonds is 2. The second-order valence-electron chi connectivity index (χ2n) is 3.07. The van der Waals surface area contributed by atoms with Gasteiger partial charge >= 0.3 is 0 Å². The molecule has 1 saturated carbocycles. The largest absolute Gasteiger partial charge is 0.384 e. The molecule has 0 unspecified atom stereocenters. The SMILES string of the molecule is COCC1CCC(F)CC1. The lowest BCUT2D eigenvalue weighted by Crippen LogP contribution is -2.18. The molecule has 0 aromatic heterocycles. The molecule has 1 aliphatic rings. The summed E-state index contributed by atoms with van der Waals surface area (Å²) in [5, 5.41) is 0. The average molecular weight is 146 g/mol. The highest BCUT2D eigenvalue weighted by Gasteiger charge is 2.19. The first kappa shape index (κ1) is 7.99. The van der Waals surface area contributed by atoms with Gasteiger partial charge in [-0.25, -0.2) is 4.39 Å². The zero-order valence-corrected chi connectivity index (χ0v) is 6.48. The molecule has 0 amide bonds. The Labute approximate surface area is 61.6 Å². The van der Waals surface area contributed by atoms with Crippen LogP contribution in [0, 0.1) is 5.92 Å². The van der Waals surface area contributed by atoms with Crippen LogP contribution in [0.5, 0.6) is 0 Å². The quantitative estimate of drug-likeness (QED) is 0.580. The van der Waals surface area contributed by atoms with E-state index in [9.17, 15) is 4.39 Å². The third-order valence-corrected chi connectivity index (χ3v) is 2.18. The maximum atomic E-state index is 12.6. The van der Waals surface area contributed by atoms with Gasteiger partial charge in [-0.1, -0.05) is 0 Å². The van der Waals surface area contributed by atoms with Crippen LogP contribution in [-0.4, -0.2) is 19.9 Å². The molecule has 0 atom stereocenters. The average Bonchev–Trinajstić information content (AvgIpc) is 1.95. The van der Waals surface area contributed by atoms with E-state index in [2.05, 4.69) is 0 Å². The van der Waals surface area contributed by atoms with Gasteiger partial charge in [0.05, 0.1) is 0 Å². The lowest BCUT2D eigenvalue weighted by molar-refractivity contribution is 0.109. The Hall–Kier alpha value is -0.110. The van der Waals surface area contributed by atoms with Crippen LogP contribution in [0.1, 0.15) is 25.7 Å². The van der Waals surface area contributed by atoms with Crippen molar-refractivity contribution in [1.82, 2.24) is 0 Å². The van der Waals surface area contributed by atoms with Crippen LogP contribution in [-0.2, 0) is 4.74 Å². The van der Waals surface area contributed by atoms with Gasteiger partial charge in [0.25, 0.3) is 0 Å². The molecule has 0 heterocycles. The Balaban J connectivity index is 2.13. The summed E-state index contributed by atoms with van der Waals surface area (Å²) in [7, 11) is 1.71. The summed E-state index contributed by atoms with van der Waals surface area (Å²) in [6, 6.07) is 0. The van der Waals surface area contributed by atoms with E-state index >= 15 is 0 Å². The molecule has 1 rings (SSSR count). The molecule has 1 fully saturated rings. The number of hydrogen-bond acceptors (Lipinski definition) is 1. The highest BCUT2D eigenvalue weighted by molar-refractivity contribution is 4.70. The molecule has 10 heavy (non-hydrogen) atoms. The number of halogens is 1. The fraction of sp³-hybridized carbons (Fsp3) is 1.00. The van der Waals surface area contributed by atoms with E-state index in [0.29, 0.717) is 5.92 Å². The first-order valence-electron chi connectivity index (χ1n) is 3.96. The summed E-state index contributed by atoms with van der Waals surface area (Å²) in [6.45, 7) is 0.812. The molecule has 0 aromatic rings. The summed E-state index contributed by atoms with van der Waals surface area (Å²) in [5.74, 6) is 0.622. The fourth-order valence-electron chi connectivity index (χ4n) is 1.52. The van der Waals surface area contributed by atoms with Crippen molar-refractivity contribution in [2.75, 3.05) is 13.7 Å². The van der Waals surface area contributed by atoms with Crippen molar-refractivity contribution in [2.45, 2.75) is 31.9 Å².